The molecule has 0 unspecified atom stereocenters. The standard InChI is InChI=1S/C10H13ClN2/c1-3-9-4-8(2)10(11)6-13-7-12-5-9/h4-6,13H,2-3,7H2,1H3/b9-4-,10-6+,12-5-. The van der Waals surface area contributed by atoms with E-state index in [-0.39, 0.29) is 0 Å². The predicted octanol–water partition coefficient (Wildman–Crippen LogP) is 2.59. The first kappa shape index (κ1) is 10.1. The number of halogens is 1. The molecule has 0 aromatic heterocycles. The largest absolute Gasteiger partial charge is 0.371 e. The third kappa shape index (κ3) is 3.07. The summed E-state index contributed by atoms with van der Waals surface area (Å²) in [6, 6.07) is 0. The highest BCUT2D eigenvalue weighted by Crippen LogP contribution is 2.16. The van der Waals surface area contributed by atoms with Gasteiger partial charge in [0.1, 0.15) is 6.67 Å². The van der Waals surface area contributed by atoms with Crippen molar-refractivity contribution in [2.24, 2.45) is 4.99 Å². The minimum atomic E-state index is 0.556. The van der Waals surface area contributed by atoms with E-state index in [0.29, 0.717) is 11.7 Å². The highest BCUT2D eigenvalue weighted by molar-refractivity contribution is 6.32. The number of aliphatic imine (C=N–C) groups is 1. The van der Waals surface area contributed by atoms with E-state index in [1.807, 2.05) is 12.3 Å². The maximum absolute atomic E-state index is 5.94. The highest BCUT2D eigenvalue weighted by atomic mass is 35.5. The average Bonchev–Trinajstić information content (AvgIpc) is 2.20. The molecule has 13 heavy (non-hydrogen) atoms. The van der Waals surface area contributed by atoms with Crippen LogP contribution in [0.4, 0.5) is 0 Å². The molecule has 1 aliphatic heterocycles. The van der Waals surface area contributed by atoms with E-state index in [2.05, 4.69) is 23.8 Å². The van der Waals surface area contributed by atoms with Crippen LogP contribution in [0.25, 0.3) is 0 Å². The van der Waals surface area contributed by atoms with Gasteiger partial charge in [-0.1, -0.05) is 25.1 Å². The number of nitrogens with one attached hydrogen (secondary N) is 1. The van der Waals surface area contributed by atoms with Gasteiger partial charge < -0.3 is 5.32 Å². The number of nitrogens with zero attached hydrogens (tertiary/aromatic N) is 1. The lowest BCUT2D eigenvalue weighted by Gasteiger charge is -1.98. The summed E-state index contributed by atoms with van der Waals surface area (Å²) >= 11 is 5.94. The summed E-state index contributed by atoms with van der Waals surface area (Å²) in [4.78, 5) is 4.16. The summed E-state index contributed by atoms with van der Waals surface area (Å²) in [5.41, 5.74) is 1.96. The minimum Gasteiger partial charge on any atom is -0.371 e. The van der Waals surface area contributed by atoms with Crippen LogP contribution in [0.3, 0.4) is 0 Å². The SMILES string of the molecule is C=C1/C=C(CC)\C=N/CN/C=C\1Cl. The molecular weight excluding hydrogens is 184 g/mol. The van der Waals surface area contributed by atoms with Gasteiger partial charge in [-0.05, 0) is 23.6 Å². The van der Waals surface area contributed by atoms with Crippen molar-refractivity contribution in [2.75, 3.05) is 6.67 Å². The molecule has 0 spiro atoms. The third-order valence-electron chi connectivity index (χ3n) is 1.74. The van der Waals surface area contributed by atoms with Crippen LogP contribution in [0.2, 0.25) is 0 Å². The van der Waals surface area contributed by atoms with E-state index in [0.717, 1.165) is 17.6 Å². The van der Waals surface area contributed by atoms with Gasteiger partial charge in [-0.25, -0.2) is 0 Å². The van der Waals surface area contributed by atoms with Crippen molar-refractivity contribution in [1.29, 1.82) is 0 Å². The predicted molar refractivity (Wildman–Crippen MR) is 57.9 cm³/mol. The van der Waals surface area contributed by atoms with Gasteiger partial charge in [0.25, 0.3) is 0 Å². The summed E-state index contributed by atoms with van der Waals surface area (Å²) in [5.74, 6) is 0. The first-order chi connectivity index (χ1) is 6.24. The number of allylic oxidation sites excluding steroid dienone is 4. The molecule has 0 radical (unpaired) electrons. The first-order valence-corrected chi connectivity index (χ1v) is 4.60. The first-order valence-electron chi connectivity index (χ1n) is 4.22. The molecule has 0 fully saturated rings. The number of rotatable bonds is 1. The zero-order valence-corrected chi connectivity index (χ0v) is 8.43. The van der Waals surface area contributed by atoms with Gasteiger partial charge in [0.05, 0.1) is 5.03 Å². The maximum Gasteiger partial charge on any atom is 0.107 e. The molecule has 0 amide bonds. The van der Waals surface area contributed by atoms with Gasteiger partial charge in [-0.15, -0.1) is 0 Å². The minimum absolute atomic E-state index is 0.556. The quantitative estimate of drug-likeness (QED) is 0.685. The molecule has 0 bridgehead atoms. The maximum atomic E-state index is 5.94. The molecule has 0 atom stereocenters. The molecule has 1 N–H and O–H groups in total. The van der Waals surface area contributed by atoms with E-state index < -0.39 is 0 Å². The molecule has 0 aliphatic carbocycles. The van der Waals surface area contributed by atoms with E-state index >= 15 is 0 Å². The van der Waals surface area contributed by atoms with Gasteiger partial charge in [-0.2, -0.15) is 0 Å². The topological polar surface area (TPSA) is 24.4 Å². The lowest BCUT2D eigenvalue weighted by atomic mass is 10.1. The summed E-state index contributed by atoms with van der Waals surface area (Å²) in [7, 11) is 0. The normalized spacial score (nSPS) is 28.3. The van der Waals surface area contributed by atoms with E-state index in [1.165, 1.54) is 0 Å². The molecule has 2 nitrogen and oxygen atoms in total. The Labute approximate surface area is 83.7 Å². The Bertz CT molecular complexity index is 287. The van der Waals surface area contributed by atoms with Crippen molar-refractivity contribution in [1.82, 2.24) is 5.32 Å². The second kappa shape index (κ2) is 4.87. The van der Waals surface area contributed by atoms with Gasteiger partial charge in [0.2, 0.25) is 0 Å². The summed E-state index contributed by atoms with van der Waals surface area (Å²) in [6.45, 7) is 6.49. The molecule has 0 saturated carbocycles. The number of hydrogen-bond acceptors (Lipinski definition) is 2. The third-order valence-corrected chi connectivity index (χ3v) is 2.09. The molecule has 1 rings (SSSR count). The van der Waals surface area contributed by atoms with Crippen LogP contribution < -0.4 is 5.32 Å². The Morgan fingerprint density at radius 2 is 2.46 bits per heavy atom. The van der Waals surface area contributed by atoms with Crippen molar-refractivity contribution >= 4 is 17.8 Å². The molecule has 1 aliphatic rings. The zero-order valence-electron chi connectivity index (χ0n) is 7.68. The highest BCUT2D eigenvalue weighted by Gasteiger charge is 1.99. The van der Waals surface area contributed by atoms with Crippen LogP contribution in [-0.2, 0) is 0 Å². The summed E-state index contributed by atoms with van der Waals surface area (Å²) in [5, 5.41) is 3.60. The fraction of sp³-hybridized carbons (Fsp3) is 0.300. The molecule has 70 valence electrons. The Morgan fingerprint density at radius 1 is 1.69 bits per heavy atom. The zero-order chi connectivity index (χ0) is 9.68. The van der Waals surface area contributed by atoms with Crippen LogP contribution in [0.1, 0.15) is 13.3 Å². The molecule has 0 aromatic carbocycles. The van der Waals surface area contributed by atoms with Gasteiger partial charge in [0.15, 0.2) is 0 Å². The number of hydrogen-bond donors (Lipinski definition) is 1. The Kier molecular flexibility index (Phi) is 3.77. The van der Waals surface area contributed by atoms with Gasteiger partial charge in [0, 0.05) is 12.4 Å². The van der Waals surface area contributed by atoms with Crippen molar-refractivity contribution < 1.29 is 0 Å². The molecular formula is C10H13ClN2. The molecule has 0 aromatic rings. The average molecular weight is 197 g/mol. The molecule has 1 heterocycles. The fourth-order valence-corrected chi connectivity index (χ4v) is 1.10. The lowest BCUT2D eigenvalue weighted by Crippen LogP contribution is -2.04. The van der Waals surface area contributed by atoms with Crippen LogP contribution >= 0.6 is 11.6 Å². The second-order valence-electron chi connectivity index (χ2n) is 2.76. The van der Waals surface area contributed by atoms with Crippen LogP contribution in [-0.4, -0.2) is 12.9 Å². The summed E-state index contributed by atoms with van der Waals surface area (Å²) in [6.07, 6.45) is 6.46. The monoisotopic (exact) mass is 196 g/mol. The second-order valence-corrected chi connectivity index (χ2v) is 3.17. The van der Waals surface area contributed by atoms with Crippen molar-refractivity contribution in [3.63, 3.8) is 0 Å². The lowest BCUT2D eigenvalue weighted by molar-refractivity contribution is 0.886. The van der Waals surface area contributed by atoms with Gasteiger partial charge in [-0.3, -0.25) is 4.99 Å². The molecule has 0 saturated heterocycles. The van der Waals surface area contributed by atoms with Crippen molar-refractivity contribution in [3.8, 4) is 0 Å². The summed E-state index contributed by atoms with van der Waals surface area (Å²) < 4.78 is 0. The smallest absolute Gasteiger partial charge is 0.107 e. The van der Waals surface area contributed by atoms with Crippen LogP contribution in [0.5, 0.6) is 0 Å². The Balaban J connectivity index is 2.91. The van der Waals surface area contributed by atoms with Crippen molar-refractivity contribution in [2.45, 2.75) is 13.3 Å². The van der Waals surface area contributed by atoms with Crippen LogP contribution in [0.15, 0.2) is 40.0 Å². The van der Waals surface area contributed by atoms with E-state index in [9.17, 15) is 0 Å². The van der Waals surface area contributed by atoms with Crippen molar-refractivity contribution in [3.05, 3.63) is 35.0 Å². The van der Waals surface area contributed by atoms with E-state index in [1.54, 1.807) is 6.20 Å². The molecule has 3 heteroatoms. The van der Waals surface area contributed by atoms with E-state index in [4.69, 9.17) is 11.6 Å². The Morgan fingerprint density at radius 3 is 3.15 bits per heavy atom. The fourth-order valence-electron chi connectivity index (χ4n) is 0.967. The van der Waals surface area contributed by atoms with Crippen LogP contribution in [0, 0.1) is 0 Å². The Hall–Kier alpha value is -1.02. The van der Waals surface area contributed by atoms with Gasteiger partial charge >= 0.3 is 0 Å².